The lowest BCUT2D eigenvalue weighted by Crippen LogP contribution is -2.30. The molecular formula is C21H16Cl2N2O2S2. The lowest BCUT2D eigenvalue weighted by molar-refractivity contribution is 0.0985. The van der Waals surface area contributed by atoms with Gasteiger partial charge in [-0.15, -0.1) is 11.3 Å². The SMILES string of the molecule is CCOc1ccc2nc(N(Cc3ccccc3)C(=O)c3cc(Cl)sc3Cl)sc2c1. The highest BCUT2D eigenvalue weighted by Crippen LogP contribution is 2.36. The van der Waals surface area contributed by atoms with Gasteiger partial charge in [0.2, 0.25) is 0 Å². The third kappa shape index (κ3) is 4.41. The maximum atomic E-state index is 13.4. The van der Waals surface area contributed by atoms with Crippen LogP contribution in [0.4, 0.5) is 5.13 Å². The van der Waals surface area contributed by atoms with Gasteiger partial charge in [-0.3, -0.25) is 9.69 Å². The first kappa shape index (κ1) is 20.2. The Morgan fingerprint density at radius 3 is 2.59 bits per heavy atom. The molecule has 0 atom stereocenters. The highest BCUT2D eigenvalue weighted by Gasteiger charge is 2.25. The zero-order valence-electron chi connectivity index (χ0n) is 15.4. The molecule has 148 valence electrons. The Kier molecular flexibility index (Phi) is 6.06. The molecule has 0 aliphatic heterocycles. The van der Waals surface area contributed by atoms with Gasteiger partial charge in [-0.2, -0.15) is 0 Å². The molecule has 2 heterocycles. The molecule has 0 spiro atoms. The fraction of sp³-hybridized carbons (Fsp3) is 0.143. The van der Waals surface area contributed by atoms with Gasteiger partial charge in [-0.25, -0.2) is 4.98 Å². The highest BCUT2D eigenvalue weighted by molar-refractivity contribution is 7.22. The summed E-state index contributed by atoms with van der Waals surface area (Å²) in [6, 6.07) is 17.1. The van der Waals surface area contributed by atoms with Gasteiger partial charge in [0.05, 0.1) is 33.3 Å². The fourth-order valence-electron chi connectivity index (χ4n) is 2.89. The summed E-state index contributed by atoms with van der Waals surface area (Å²) < 4.78 is 7.38. The van der Waals surface area contributed by atoms with Crippen LogP contribution < -0.4 is 9.64 Å². The van der Waals surface area contributed by atoms with Gasteiger partial charge in [0.1, 0.15) is 10.1 Å². The zero-order chi connectivity index (χ0) is 20.4. The lowest BCUT2D eigenvalue weighted by Gasteiger charge is -2.19. The number of ether oxygens (including phenoxy) is 1. The van der Waals surface area contributed by atoms with Gasteiger partial charge in [-0.05, 0) is 36.8 Å². The van der Waals surface area contributed by atoms with E-state index in [1.807, 2.05) is 55.5 Å². The van der Waals surface area contributed by atoms with Crippen LogP contribution in [0.2, 0.25) is 8.67 Å². The molecule has 0 fully saturated rings. The summed E-state index contributed by atoms with van der Waals surface area (Å²) >= 11 is 15.0. The number of hydrogen-bond donors (Lipinski definition) is 0. The molecular weight excluding hydrogens is 447 g/mol. The molecule has 0 saturated heterocycles. The van der Waals surface area contributed by atoms with E-state index in [9.17, 15) is 4.79 Å². The Hall–Kier alpha value is -2.12. The summed E-state index contributed by atoms with van der Waals surface area (Å²) in [5.41, 5.74) is 2.19. The van der Waals surface area contributed by atoms with Gasteiger partial charge < -0.3 is 4.74 Å². The largest absolute Gasteiger partial charge is 0.494 e. The Morgan fingerprint density at radius 2 is 1.90 bits per heavy atom. The standard InChI is InChI=1S/C21H16Cl2N2O2S2/c1-2-27-14-8-9-16-17(10-14)28-21(24-16)25(12-13-6-4-3-5-7-13)20(26)15-11-18(22)29-19(15)23/h3-11H,2,12H2,1H3. The number of carbonyl (C=O) groups excluding carboxylic acids is 1. The lowest BCUT2D eigenvalue weighted by atomic mass is 10.2. The van der Waals surface area contributed by atoms with E-state index in [0.29, 0.717) is 32.5 Å². The first-order valence-electron chi connectivity index (χ1n) is 8.89. The minimum Gasteiger partial charge on any atom is -0.494 e. The number of halogens is 2. The Morgan fingerprint density at radius 1 is 1.10 bits per heavy atom. The van der Waals surface area contributed by atoms with Crippen molar-refractivity contribution in [1.29, 1.82) is 0 Å². The highest BCUT2D eigenvalue weighted by atomic mass is 35.5. The quantitative estimate of drug-likeness (QED) is 0.312. The summed E-state index contributed by atoms with van der Waals surface area (Å²) in [5.74, 6) is 0.551. The van der Waals surface area contributed by atoms with Crippen molar-refractivity contribution in [3.05, 3.63) is 74.4 Å². The third-order valence-corrected chi connectivity index (χ3v) is 6.74. The van der Waals surface area contributed by atoms with Crippen molar-refractivity contribution in [2.24, 2.45) is 0 Å². The van der Waals surface area contributed by atoms with Gasteiger partial charge in [-0.1, -0.05) is 64.9 Å². The second-order valence-electron chi connectivity index (χ2n) is 6.17. The molecule has 0 saturated carbocycles. The Balaban J connectivity index is 1.76. The number of hydrogen-bond acceptors (Lipinski definition) is 5. The predicted octanol–water partition coefficient (Wildman–Crippen LogP) is 6.91. The van der Waals surface area contributed by atoms with Crippen LogP contribution in [-0.2, 0) is 6.54 Å². The molecule has 0 N–H and O–H groups in total. The average Bonchev–Trinajstić information content (AvgIpc) is 3.28. The number of anilines is 1. The first-order valence-corrected chi connectivity index (χ1v) is 11.3. The molecule has 0 unspecified atom stereocenters. The van der Waals surface area contributed by atoms with E-state index < -0.39 is 0 Å². The van der Waals surface area contributed by atoms with Gasteiger partial charge in [0.15, 0.2) is 5.13 Å². The summed E-state index contributed by atoms with van der Waals surface area (Å²) in [7, 11) is 0. The maximum Gasteiger partial charge on any atom is 0.262 e. The summed E-state index contributed by atoms with van der Waals surface area (Å²) in [4.78, 5) is 19.7. The van der Waals surface area contributed by atoms with E-state index in [4.69, 9.17) is 27.9 Å². The number of rotatable bonds is 6. The van der Waals surface area contributed by atoms with Crippen molar-refractivity contribution >= 4 is 67.1 Å². The molecule has 4 aromatic rings. The maximum absolute atomic E-state index is 13.4. The van der Waals surface area contributed by atoms with E-state index in [1.165, 1.54) is 22.7 Å². The fourth-order valence-corrected chi connectivity index (χ4v) is 5.33. The molecule has 4 rings (SSSR count). The summed E-state index contributed by atoms with van der Waals surface area (Å²) in [6.45, 7) is 2.91. The van der Waals surface area contributed by atoms with Crippen molar-refractivity contribution in [2.75, 3.05) is 11.5 Å². The van der Waals surface area contributed by atoms with Crippen molar-refractivity contribution in [2.45, 2.75) is 13.5 Å². The molecule has 2 aromatic carbocycles. The number of thiophene rings is 1. The molecule has 2 aromatic heterocycles. The average molecular weight is 463 g/mol. The molecule has 0 aliphatic carbocycles. The van der Waals surface area contributed by atoms with Gasteiger partial charge in [0.25, 0.3) is 5.91 Å². The monoisotopic (exact) mass is 462 g/mol. The van der Waals surface area contributed by atoms with Crippen LogP contribution in [0.25, 0.3) is 10.2 Å². The molecule has 0 bridgehead atoms. The van der Waals surface area contributed by atoms with Crippen molar-refractivity contribution in [1.82, 2.24) is 4.98 Å². The molecule has 8 heteroatoms. The van der Waals surface area contributed by atoms with E-state index >= 15 is 0 Å². The van der Waals surface area contributed by atoms with Gasteiger partial charge in [0, 0.05) is 0 Å². The van der Waals surface area contributed by atoms with Crippen LogP contribution in [0, 0.1) is 0 Å². The number of amides is 1. The van der Waals surface area contributed by atoms with Crippen LogP contribution in [0.1, 0.15) is 22.8 Å². The van der Waals surface area contributed by atoms with Crippen LogP contribution in [0.3, 0.4) is 0 Å². The molecule has 29 heavy (non-hydrogen) atoms. The topological polar surface area (TPSA) is 42.4 Å². The summed E-state index contributed by atoms with van der Waals surface area (Å²) in [6.07, 6.45) is 0. The zero-order valence-corrected chi connectivity index (χ0v) is 18.5. The van der Waals surface area contributed by atoms with Crippen LogP contribution in [0.15, 0.2) is 54.6 Å². The number of benzene rings is 2. The van der Waals surface area contributed by atoms with Crippen molar-refractivity contribution in [3.8, 4) is 5.75 Å². The second-order valence-corrected chi connectivity index (χ2v) is 9.47. The van der Waals surface area contributed by atoms with Crippen LogP contribution in [0.5, 0.6) is 5.75 Å². The molecule has 4 nitrogen and oxygen atoms in total. The molecule has 1 amide bonds. The Bertz CT molecular complexity index is 1160. The predicted molar refractivity (Wildman–Crippen MR) is 122 cm³/mol. The number of fused-ring (bicyclic) bond motifs is 1. The van der Waals surface area contributed by atoms with E-state index in [-0.39, 0.29) is 5.91 Å². The third-order valence-electron chi connectivity index (χ3n) is 4.21. The van der Waals surface area contributed by atoms with E-state index in [0.717, 1.165) is 21.5 Å². The Labute approximate surface area is 186 Å². The molecule has 0 radical (unpaired) electrons. The minimum absolute atomic E-state index is 0.230. The second kappa shape index (κ2) is 8.71. The van der Waals surface area contributed by atoms with Gasteiger partial charge >= 0.3 is 0 Å². The van der Waals surface area contributed by atoms with Crippen molar-refractivity contribution < 1.29 is 9.53 Å². The van der Waals surface area contributed by atoms with E-state index in [1.54, 1.807) is 11.0 Å². The number of aromatic nitrogens is 1. The number of carbonyl (C=O) groups is 1. The summed E-state index contributed by atoms with van der Waals surface area (Å²) in [5, 5.41) is 0.598. The van der Waals surface area contributed by atoms with E-state index in [2.05, 4.69) is 4.98 Å². The smallest absolute Gasteiger partial charge is 0.262 e. The van der Waals surface area contributed by atoms with Crippen LogP contribution in [-0.4, -0.2) is 17.5 Å². The normalized spacial score (nSPS) is 11.0. The first-order chi connectivity index (χ1) is 14.0. The molecule has 0 aliphatic rings. The number of thiazole rings is 1. The minimum atomic E-state index is -0.230. The van der Waals surface area contributed by atoms with Crippen LogP contribution >= 0.6 is 45.9 Å². The van der Waals surface area contributed by atoms with Crippen molar-refractivity contribution in [3.63, 3.8) is 0 Å². The number of nitrogens with zero attached hydrogens (tertiary/aromatic N) is 2.